The minimum absolute atomic E-state index is 0.0413. The third kappa shape index (κ3) is 4.35. The van der Waals surface area contributed by atoms with Crippen LogP contribution in [0.25, 0.3) is 0 Å². The zero-order valence-corrected chi connectivity index (χ0v) is 15.7. The zero-order valence-electron chi connectivity index (χ0n) is 14.9. The number of anilines is 1. The summed E-state index contributed by atoms with van der Waals surface area (Å²) in [5.74, 6) is -7.19. The van der Waals surface area contributed by atoms with Gasteiger partial charge in [0, 0.05) is 4.90 Å². The van der Waals surface area contributed by atoms with E-state index in [2.05, 4.69) is 0 Å². The van der Waals surface area contributed by atoms with Crippen molar-refractivity contribution in [3.8, 4) is 0 Å². The third-order valence-corrected chi connectivity index (χ3v) is 4.79. The van der Waals surface area contributed by atoms with Crippen molar-refractivity contribution in [2.75, 3.05) is 25.3 Å². The van der Waals surface area contributed by atoms with E-state index in [1.807, 2.05) is 0 Å². The van der Waals surface area contributed by atoms with Gasteiger partial charge >= 0.3 is 6.03 Å². The highest BCUT2D eigenvalue weighted by Gasteiger charge is 2.37. The number of nitrogens with zero attached hydrogens (tertiary/aromatic N) is 3. The number of amides is 3. The van der Waals surface area contributed by atoms with Crippen LogP contribution in [0.1, 0.15) is 10.4 Å². The standard InChI is InChI=1S/C18H14F5N3O2S/c1-24-8-25(14-6-5-10(7-13(14)21)29-17(22)23)18(28)26(9-24)16(27)15-11(19)3-2-4-12(15)20/h2-7,17H,8-9H2,1H3. The minimum atomic E-state index is -2.74. The van der Waals surface area contributed by atoms with E-state index < -0.39 is 40.7 Å². The largest absolute Gasteiger partial charge is 0.333 e. The maximum Gasteiger partial charge on any atom is 0.333 e. The third-order valence-electron chi connectivity index (χ3n) is 4.08. The molecule has 2 aromatic rings. The van der Waals surface area contributed by atoms with Crippen molar-refractivity contribution in [2.45, 2.75) is 10.7 Å². The van der Waals surface area contributed by atoms with Gasteiger partial charge in [0.1, 0.15) is 23.0 Å². The summed E-state index contributed by atoms with van der Waals surface area (Å²) in [5, 5.41) is 0. The second kappa shape index (κ2) is 8.37. The summed E-state index contributed by atoms with van der Waals surface area (Å²) in [6, 6.07) is 5.02. The summed E-state index contributed by atoms with van der Waals surface area (Å²) in [6.45, 7) is -0.399. The number of halogens is 5. The van der Waals surface area contributed by atoms with E-state index in [-0.39, 0.29) is 35.7 Å². The molecule has 0 N–H and O–H groups in total. The lowest BCUT2D eigenvalue weighted by Crippen LogP contribution is -2.59. The molecule has 0 aliphatic carbocycles. The molecular weight excluding hydrogens is 417 g/mol. The highest BCUT2D eigenvalue weighted by Crippen LogP contribution is 2.31. The van der Waals surface area contributed by atoms with Gasteiger partial charge in [-0.2, -0.15) is 8.78 Å². The molecule has 0 saturated carbocycles. The number of hydrogen-bond acceptors (Lipinski definition) is 4. The Morgan fingerprint density at radius 2 is 1.69 bits per heavy atom. The normalized spacial score (nSPS) is 15.3. The van der Waals surface area contributed by atoms with Crippen LogP contribution >= 0.6 is 11.8 Å². The number of benzene rings is 2. The fourth-order valence-corrected chi connectivity index (χ4v) is 3.37. The number of hydrogen-bond donors (Lipinski definition) is 0. The van der Waals surface area contributed by atoms with Gasteiger partial charge in [-0.3, -0.25) is 14.6 Å². The van der Waals surface area contributed by atoms with Crippen LogP contribution in [0.3, 0.4) is 0 Å². The Morgan fingerprint density at radius 1 is 1.03 bits per heavy atom. The van der Waals surface area contributed by atoms with Crippen LogP contribution < -0.4 is 4.90 Å². The lowest BCUT2D eigenvalue weighted by atomic mass is 10.1. The molecule has 0 aromatic heterocycles. The van der Waals surface area contributed by atoms with Gasteiger partial charge in [0.05, 0.1) is 19.0 Å². The number of urea groups is 1. The van der Waals surface area contributed by atoms with E-state index in [1.54, 1.807) is 0 Å². The Kier molecular flexibility index (Phi) is 6.08. The average molecular weight is 431 g/mol. The highest BCUT2D eigenvalue weighted by atomic mass is 32.2. The Balaban J connectivity index is 1.93. The summed E-state index contributed by atoms with van der Waals surface area (Å²) in [7, 11) is 1.51. The van der Waals surface area contributed by atoms with E-state index in [9.17, 15) is 31.5 Å². The molecule has 1 heterocycles. The fourth-order valence-electron chi connectivity index (χ4n) is 2.84. The summed E-state index contributed by atoms with van der Waals surface area (Å²) in [4.78, 5) is 28.3. The van der Waals surface area contributed by atoms with E-state index in [1.165, 1.54) is 18.0 Å². The van der Waals surface area contributed by atoms with E-state index in [0.29, 0.717) is 4.90 Å². The Morgan fingerprint density at radius 3 is 2.28 bits per heavy atom. The van der Waals surface area contributed by atoms with Crippen molar-refractivity contribution in [1.82, 2.24) is 9.80 Å². The summed E-state index contributed by atoms with van der Waals surface area (Å²) in [5.41, 5.74) is -1.16. The van der Waals surface area contributed by atoms with Crippen molar-refractivity contribution in [2.24, 2.45) is 0 Å². The number of rotatable bonds is 4. The molecule has 154 valence electrons. The van der Waals surface area contributed by atoms with E-state index >= 15 is 0 Å². The van der Waals surface area contributed by atoms with Crippen molar-refractivity contribution in [3.63, 3.8) is 0 Å². The molecule has 0 unspecified atom stereocenters. The molecule has 5 nitrogen and oxygen atoms in total. The Labute approximate surface area is 166 Å². The van der Waals surface area contributed by atoms with Gasteiger partial charge in [-0.1, -0.05) is 17.8 Å². The quantitative estimate of drug-likeness (QED) is 0.534. The number of alkyl halides is 2. The van der Waals surface area contributed by atoms with Crippen molar-refractivity contribution in [1.29, 1.82) is 0 Å². The predicted molar refractivity (Wildman–Crippen MR) is 96.2 cm³/mol. The first-order chi connectivity index (χ1) is 13.7. The molecule has 1 saturated heterocycles. The van der Waals surface area contributed by atoms with Crippen LogP contribution in [0, 0.1) is 17.5 Å². The molecule has 29 heavy (non-hydrogen) atoms. The van der Waals surface area contributed by atoms with Gasteiger partial charge in [0.2, 0.25) is 0 Å². The lowest BCUT2D eigenvalue weighted by molar-refractivity contribution is 0.0670. The maximum absolute atomic E-state index is 14.5. The molecule has 0 radical (unpaired) electrons. The molecule has 3 amide bonds. The first-order valence-corrected chi connectivity index (χ1v) is 9.07. The van der Waals surface area contributed by atoms with E-state index in [4.69, 9.17) is 0 Å². The van der Waals surface area contributed by atoms with Crippen molar-refractivity contribution in [3.05, 3.63) is 59.4 Å². The monoisotopic (exact) mass is 431 g/mol. The van der Waals surface area contributed by atoms with Crippen LogP contribution in [0.4, 0.5) is 32.4 Å². The van der Waals surface area contributed by atoms with Gasteiger partial charge in [0.15, 0.2) is 0 Å². The van der Waals surface area contributed by atoms with Crippen LogP contribution in [-0.4, -0.2) is 47.9 Å². The van der Waals surface area contributed by atoms with Crippen molar-refractivity contribution >= 4 is 29.4 Å². The summed E-state index contributed by atoms with van der Waals surface area (Å²) >= 11 is 0.140. The second-order valence-corrected chi connectivity index (χ2v) is 7.23. The topological polar surface area (TPSA) is 43.9 Å². The molecule has 11 heteroatoms. The smallest absolute Gasteiger partial charge is 0.277 e. The Hall–Kier alpha value is -2.66. The highest BCUT2D eigenvalue weighted by molar-refractivity contribution is 7.99. The zero-order chi connectivity index (χ0) is 21.3. The Bertz CT molecular complexity index is 939. The minimum Gasteiger partial charge on any atom is -0.277 e. The van der Waals surface area contributed by atoms with Crippen LogP contribution in [-0.2, 0) is 0 Å². The van der Waals surface area contributed by atoms with Crippen LogP contribution in [0.5, 0.6) is 0 Å². The molecule has 0 bridgehead atoms. The van der Waals surface area contributed by atoms with Gasteiger partial charge in [-0.25, -0.2) is 22.9 Å². The van der Waals surface area contributed by atoms with E-state index in [0.717, 1.165) is 35.2 Å². The molecule has 1 aliphatic heterocycles. The fraction of sp³-hybridized carbons (Fsp3) is 0.222. The average Bonchev–Trinajstić information content (AvgIpc) is 2.63. The lowest BCUT2D eigenvalue weighted by Gasteiger charge is -2.39. The van der Waals surface area contributed by atoms with Crippen molar-refractivity contribution < 1.29 is 31.5 Å². The van der Waals surface area contributed by atoms with Gasteiger partial charge in [-0.15, -0.1) is 0 Å². The number of carbonyl (C=O) groups is 2. The van der Waals surface area contributed by atoms with Gasteiger partial charge in [0.25, 0.3) is 11.7 Å². The molecule has 1 aliphatic rings. The molecule has 2 aromatic carbocycles. The number of thioether (sulfide) groups is 1. The number of imide groups is 1. The molecule has 0 spiro atoms. The molecule has 3 rings (SSSR count). The predicted octanol–water partition coefficient (Wildman–Crippen LogP) is 4.35. The first kappa shape index (κ1) is 21.1. The molecule has 1 fully saturated rings. The SMILES string of the molecule is CN1CN(C(=O)c2c(F)cccc2F)C(=O)N(c2ccc(SC(F)F)cc2F)C1. The first-order valence-electron chi connectivity index (χ1n) is 8.19. The molecular formula is C18H14F5N3O2S. The number of carbonyl (C=O) groups excluding carboxylic acids is 2. The van der Waals surface area contributed by atoms with Crippen LogP contribution in [0.2, 0.25) is 0 Å². The molecule has 0 atom stereocenters. The van der Waals surface area contributed by atoms with Gasteiger partial charge < -0.3 is 0 Å². The summed E-state index contributed by atoms with van der Waals surface area (Å²) < 4.78 is 67.3. The maximum atomic E-state index is 14.5. The van der Waals surface area contributed by atoms with Gasteiger partial charge in [-0.05, 0) is 37.4 Å². The summed E-state index contributed by atoms with van der Waals surface area (Å²) in [6.07, 6.45) is 0. The van der Waals surface area contributed by atoms with Crippen LogP contribution in [0.15, 0.2) is 41.3 Å². The second-order valence-electron chi connectivity index (χ2n) is 6.17.